The Bertz CT molecular complexity index is 392. The first-order chi connectivity index (χ1) is 8.14. The summed E-state index contributed by atoms with van der Waals surface area (Å²) in [4.78, 5) is 1.09. The summed E-state index contributed by atoms with van der Waals surface area (Å²) in [5, 5.41) is 8.63. The summed E-state index contributed by atoms with van der Waals surface area (Å²) >= 11 is 1.37. The van der Waals surface area contributed by atoms with E-state index in [1.165, 1.54) is 12.0 Å². The van der Waals surface area contributed by atoms with E-state index in [-0.39, 0.29) is 5.41 Å². The topological polar surface area (TPSA) is 33.0 Å². The maximum atomic E-state index is 8.63. The third-order valence-corrected chi connectivity index (χ3v) is 2.88. The van der Waals surface area contributed by atoms with Crippen molar-refractivity contribution < 1.29 is 4.18 Å². The highest BCUT2D eigenvalue weighted by molar-refractivity contribution is 7.94. The van der Waals surface area contributed by atoms with Crippen LogP contribution in [0.2, 0.25) is 0 Å². The first kappa shape index (κ1) is 13.8. The van der Waals surface area contributed by atoms with Crippen LogP contribution in [0.15, 0.2) is 47.4 Å². The van der Waals surface area contributed by atoms with Gasteiger partial charge < -0.3 is 4.18 Å². The lowest BCUT2D eigenvalue weighted by Gasteiger charge is -2.14. The lowest BCUT2D eigenvalue weighted by Crippen LogP contribution is -2.05. The van der Waals surface area contributed by atoms with E-state index in [0.717, 1.165) is 4.90 Å². The number of benzene rings is 1. The van der Waals surface area contributed by atoms with Crippen LogP contribution in [0.5, 0.6) is 0 Å². The van der Waals surface area contributed by atoms with Gasteiger partial charge in [-0.1, -0.05) is 44.2 Å². The van der Waals surface area contributed by atoms with Crippen LogP contribution in [0.1, 0.15) is 20.3 Å². The Balaban J connectivity index is 2.25. The van der Waals surface area contributed by atoms with Crippen LogP contribution in [0.3, 0.4) is 0 Å². The minimum Gasteiger partial charge on any atom is -0.306 e. The van der Waals surface area contributed by atoms with Crippen LogP contribution in [-0.2, 0) is 4.18 Å². The summed E-state index contributed by atoms with van der Waals surface area (Å²) in [6, 6.07) is 12.1. The molecule has 1 aromatic carbocycles. The fourth-order valence-electron chi connectivity index (χ4n) is 1.25. The van der Waals surface area contributed by atoms with E-state index in [1.807, 2.05) is 56.3 Å². The van der Waals surface area contributed by atoms with Crippen molar-refractivity contribution in [2.45, 2.75) is 25.2 Å². The van der Waals surface area contributed by atoms with Gasteiger partial charge >= 0.3 is 0 Å². The van der Waals surface area contributed by atoms with E-state index >= 15 is 0 Å². The fourth-order valence-corrected chi connectivity index (χ4v) is 1.80. The molecule has 0 spiro atoms. The maximum absolute atomic E-state index is 8.63. The SMILES string of the molecule is CC(C)(/C=C/COSc1ccccc1)CC#N. The van der Waals surface area contributed by atoms with Crippen LogP contribution in [0.4, 0.5) is 0 Å². The van der Waals surface area contributed by atoms with Crippen LogP contribution in [-0.4, -0.2) is 6.61 Å². The van der Waals surface area contributed by atoms with Crippen molar-refractivity contribution in [2.75, 3.05) is 6.61 Å². The summed E-state index contributed by atoms with van der Waals surface area (Å²) in [6.07, 6.45) is 4.52. The van der Waals surface area contributed by atoms with E-state index in [9.17, 15) is 0 Å². The molecule has 3 heteroatoms. The number of hydrogen-bond acceptors (Lipinski definition) is 3. The van der Waals surface area contributed by atoms with Crippen molar-refractivity contribution in [3.8, 4) is 6.07 Å². The highest BCUT2D eigenvalue weighted by atomic mass is 32.2. The van der Waals surface area contributed by atoms with Gasteiger partial charge in [0.25, 0.3) is 0 Å². The van der Waals surface area contributed by atoms with E-state index in [2.05, 4.69) is 6.07 Å². The van der Waals surface area contributed by atoms with Gasteiger partial charge in [0.15, 0.2) is 0 Å². The maximum Gasteiger partial charge on any atom is 0.0800 e. The van der Waals surface area contributed by atoms with Crippen molar-refractivity contribution >= 4 is 12.0 Å². The van der Waals surface area contributed by atoms with E-state index in [0.29, 0.717) is 13.0 Å². The second-order valence-corrected chi connectivity index (χ2v) is 5.28. The first-order valence-electron chi connectivity index (χ1n) is 5.53. The predicted molar refractivity (Wildman–Crippen MR) is 71.4 cm³/mol. The van der Waals surface area contributed by atoms with Crippen molar-refractivity contribution in [1.82, 2.24) is 0 Å². The molecule has 2 nitrogen and oxygen atoms in total. The zero-order chi connectivity index (χ0) is 12.6. The largest absolute Gasteiger partial charge is 0.306 e. The summed E-state index contributed by atoms with van der Waals surface area (Å²) in [7, 11) is 0. The molecule has 1 rings (SSSR count). The van der Waals surface area contributed by atoms with Crippen molar-refractivity contribution in [3.05, 3.63) is 42.5 Å². The van der Waals surface area contributed by atoms with Crippen molar-refractivity contribution in [3.63, 3.8) is 0 Å². The zero-order valence-corrected chi connectivity index (χ0v) is 11.0. The Morgan fingerprint density at radius 3 is 2.71 bits per heavy atom. The molecular weight excluding hydrogens is 230 g/mol. The van der Waals surface area contributed by atoms with E-state index in [1.54, 1.807) is 0 Å². The van der Waals surface area contributed by atoms with Crippen molar-refractivity contribution in [1.29, 1.82) is 5.26 Å². The number of nitrogens with zero attached hydrogens (tertiary/aromatic N) is 1. The Kier molecular flexibility index (Phi) is 5.82. The van der Waals surface area contributed by atoms with Gasteiger partial charge in [-0.2, -0.15) is 5.26 Å². The molecule has 0 bridgehead atoms. The third-order valence-electron chi connectivity index (χ3n) is 2.17. The van der Waals surface area contributed by atoms with Gasteiger partial charge in [-0.15, -0.1) is 0 Å². The van der Waals surface area contributed by atoms with Crippen LogP contribution >= 0.6 is 12.0 Å². The molecule has 17 heavy (non-hydrogen) atoms. The molecule has 0 heterocycles. The van der Waals surface area contributed by atoms with Crippen LogP contribution in [0.25, 0.3) is 0 Å². The van der Waals surface area contributed by atoms with Gasteiger partial charge in [0.2, 0.25) is 0 Å². The Labute approximate surface area is 107 Å². The fraction of sp³-hybridized carbons (Fsp3) is 0.357. The molecule has 0 fully saturated rings. The molecule has 0 aliphatic heterocycles. The number of nitriles is 1. The molecule has 0 saturated heterocycles. The van der Waals surface area contributed by atoms with Crippen LogP contribution < -0.4 is 0 Å². The molecule has 0 aromatic heterocycles. The molecule has 0 atom stereocenters. The van der Waals surface area contributed by atoms with Crippen LogP contribution in [0, 0.1) is 16.7 Å². The van der Waals surface area contributed by atoms with Gasteiger partial charge in [0.1, 0.15) is 0 Å². The lowest BCUT2D eigenvalue weighted by atomic mass is 9.90. The second-order valence-electron chi connectivity index (χ2n) is 4.41. The average molecular weight is 247 g/mol. The zero-order valence-electron chi connectivity index (χ0n) is 10.2. The Morgan fingerprint density at radius 1 is 1.35 bits per heavy atom. The molecule has 0 amide bonds. The molecule has 0 aliphatic carbocycles. The standard InChI is InChI=1S/C14H17NOS/c1-14(2,10-11-15)9-6-12-16-17-13-7-4-3-5-8-13/h3-9H,10,12H2,1-2H3/b9-6+. The average Bonchev–Trinajstić information content (AvgIpc) is 2.30. The normalized spacial score (nSPS) is 11.6. The molecule has 0 saturated carbocycles. The molecule has 90 valence electrons. The second kappa shape index (κ2) is 7.16. The van der Waals surface area contributed by atoms with Gasteiger partial charge in [0, 0.05) is 23.4 Å². The predicted octanol–water partition coefficient (Wildman–Crippen LogP) is 4.21. The summed E-state index contributed by atoms with van der Waals surface area (Å²) in [5.74, 6) is 0. The summed E-state index contributed by atoms with van der Waals surface area (Å²) in [6.45, 7) is 4.63. The summed E-state index contributed by atoms with van der Waals surface area (Å²) in [5.41, 5.74) is -0.0739. The number of hydrogen-bond donors (Lipinski definition) is 0. The number of rotatable bonds is 6. The Morgan fingerprint density at radius 2 is 2.06 bits per heavy atom. The minimum absolute atomic E-state index is 0.0739. The first-order valence-corrected chi connectivity index (χ1v) is 6.27. The van der Waals surface area contributed by atoms with E-state index in [4.69, 9.17) is 9.44 Å². The highest BCUT2D eigenvalue weighted by Crippen LogP contribution is 2.22. The third kappa shape index (κ3) is 6.15. The quantitative estimate of drug-likeness (QED) is 0.429. The number of allylic oxidation sites excluding steroid dienone is 1. The van der Waals surface area contributed by atoms with E-state index < -0.39 is 0 Å². The van der Waals surface area contributed by atoms with Gasteiger partial charge in [-0.05, 0) is 17.5 Å². The highest BCUT2D eigenvalue weighted by Gasteiger charge is 2.11. The minimum atomic E-state index is -0.0739. The van der Waals surface area contributed by atoms with Gasteiger partial charge in [-0.25, -0.2) is 0 Å². The van der Waals surface area contributed by atoms with Gasteiger partial charge in [-0.3, -0.25) is 0 Å². The molecular formula is C14H17NOS. The monoisotopic (exact) mass is 247 g/mol. The summed E-state index contributed by atoms with van der Waals surface area (Å²) < 4.78 is 5.44. The van der Waals surface area contributed by atoms with Gasteiger partial charge in [0.05, 0.1) is 12.7 Å². The molecule has 0 aliphatic rings. The smallest absolute Gasteiger partial charge is 0.0800 e. The molecule has 1 aromatic rings. The Hall–Kier alpha value is -1.24. The lowest BCUT2D eigenvalue weighted by molar-refractivity contribution is 0.421. The molecule has 0 radical (unpaired) electrons. The van der Waals surface area contributed by atoms with Crippen molar-refractivity contribution in [2.24, 2.45) is 5.41 Å². The molecule has 0 N–H and O–H groups in total. The molecule has 0 unspecified atom stereocenters.